The maximum absolute atomic E-state index is 13.3. The van der Waals surface area contributed by atoms with Gasteiger partial charge in [-0.25, -0.2) is 9.07 Å². The molecule has 0 aliphatic rings. The lowest BCUT2D eigenvalue weighted by Crippen LogP contribution is -2.27. The van der Waals surface area contributed by atoms with Crippen molar-refractivity contribution in [1.29, 1.82) is 0 Å². The molecule has 0 spiro atoms. The van der Waals surface area contributed by atoms with Crippen LogP contribution >= 0.6 is 0 Å². The van der Waals surface area contributed by atoms with Gasteiger partial charge < -0.3 is 9.73 Å². The van der Waals surface area contributed by atoms with Crippen molar-refractivity contribution in [3.05, 3.63) is 96.1 Å². The van der Waals surface area contributed by atoms with Gasteiger partial charge in [0.2, 0.25) is 0 Å². The van der Waals surface area contributed by atoms with Crippen molar-refractivity contribution in [2.45, 2.75) is 6.42 Å². The Hall–Kier alpha value is -3.67. The Morgan fingerprint density at radius 3 is 2.54 bits per heavy atom. The van der Waals surface area contributed by atoms with Gasteiger partial charge >= 0.3 is 0 Å². The van der Waals surface area contributed by atoms with Gasteiger partial charge in [0.1, 0.15) is 17.2 Å². The maximum atomic E-state index is 13.3. The van der Waals surface area contributed by atoms with Crippen LogP contribution in [0.2, 0.25) is 0 Å². The van der Waals surface area contributed by atoms with Gasteiger partial charge in [-0.05, 0) is 48.4 Å². The third-order valence-electron chi connectivity index (χ3n) is 4.33. The second-order valence-corrected chi connectivity index (χ2v) is 6.27. The molecule has 140 valence electrons. The van der Waals surface area contributed by atoms with Crippen molar-refractivity contribution in [2.24, 2.45) is 0 Å². The summed E-state index contributed by atoms with van der Waals surface area (Å²) in [4.78, 5) is 12.8. The summed E-state index contributed by atoms with van der Waals surface area (Å²) in [5, 5.41) is 7.40. The van der Waals surface area contributed by atoms with Crippen molar-refractivity contribution in [3.63, 3.8) is 0 Å². The van der Waals surface area contributed by atoms with E-state index >= 15 is 0 Å². The fourth-order valence-electron chi connectivity index (χ4n) is 2.92. The van der Waals surface area contributed by atoms with E-state index in [0.717, 1.165) is 12.0 Å². The zero-order chi connectivity index (χ0) is 19.3. The Kier molecular flexibility index (Phi) is 5.01. The molecule has 6 heteroatoms. The lowest BCUT2D eigenvalue weighted by Gasteiger charge is -2.08. The third-order valence-corrected chi connectivity index (χ3v) is 4.33. The molecular formula is C22H18FN3O2. The van der Waals surface area contributed by atoms with Crippen LogP contribution in [0.4, 0.5) is 4.39 Å². The van der Waals surface area contributed by atoms with Crippen molar-refractivity contribution < 1.29 is 13.6 Å². The van der Waals surface area contributed by atoms with Crippen LogP contribution in [0.3, 0.4) is 0 Å². The summed E-state index contributed by atoms with van der Waals surface area (Å²) < 4.78 is 20.2. The minimum atomic E-state index is -0.351. The summed E-state index contributed by atoms with van der Waals surface area (Å²) in [5.41, 5.74) is 2.62. The number of carbonyl (C=O) groups is 1. The Bertz CT molecular complexity index is 1060. The molecule has 4 rings (SSSR count). The fraction of sp³-hybridized carbons (Fsp3) is 0.0909. The number of aromatic nitrogens is 2. The van der Waals surface area contributed by atoms with Crippen LogP contribution in [0.5, 0.6) is 0 Å². The molecule has 0 bridgehead atoms. The minimum absolute atomic E-state index is 0.259. The molecule has 4 aromatic rings. The third kappa shape index (κ3) is 3.86. The molecule has 0 aliphatic carbocycles. The predicted octanol–water partition coefficient (Wildman–Crippen LogP) is 4.24. The highest BCUT2D eigenvalue weighted by Crippen LogP contribution is 2.22. The summed E-state index contributed by atoms with van der Waals surface area (Å²) in [6, 6.07) is 21.0. The van der Waals surface area contributed by atoms with Gasteiger partial charge in [-0.15, -0.1) is 0 Å². The van der Waals surface area contributed by atoms with Gasteiger partial charge in [0, 0.05) is 12.6 Å². The Morgan fingerprint density at radius 2 is 1.82 bits per heavy atom. The SMILES string of the molecule is O=C(NCCc1ccccc1)c1cc(-c2ccco2)nn1-c1ccc(F)cc1. The minimum Gasteiger partial charge on any atom is -0.463 e. The quantitative estimate of drug-likeness (QED) is 0.548. The molecule has 0 fully saturated rings. The van der Waals surface area contributed by atoms with Crippen molar-refractivity contribution in [1.82, 2.24) is 15.1 Å². The Morgan fingerprint density at radius 1 is 1.04 bits per heavy atom. The lowest BCUT2D eigenvalue weighted by molar-refractivity contribution is 0.0946. The second kappa shape index (κ2) is 7.92. The monoisotopic (exact) mass is 375 g/mol. The van der Waals surface area contributed by atoms with Gasteiger partial charge in [-0.1, -0.05) is 30.3 Å². The van der Waals surface area contributed by atoms with E-state index in [1.54, 1.807) is 36.6 Å². The molecule has 0 atom stereocenters. The van der Waals surface area contributed by atoms with Crippen molar-refractivity contribution in [2.75, 3.05) is 6.54 Å². The number of rotatable bonds is 6. The van der Waals surface area contributed by atoms with Crippen LogP contribution in [0.25, 0.3) is 17.1 Å². The zero-order valence-corrected chi connectivity index (χ0v) is 15.0. The second-order valence-electron chi connectivity index (χ2n) is 6.27. The van der Waals surface area contributed by atoms with Crippen LogP contribution in [0.15, 0.2) is 83.5 Å². The molecule has 2 aromatic heterocycles. The van der Waals surface area contributed by atoms with E-state index in [0.29, 0.717) is 29.4 Å². The molecule has 0 saturated carbocycles. The molecule has 0 aliphatic heterocycles. The smallest absolute Gasteiger partial charge is 0.270 e. The topological polar surface area (TPSA) is 60.1 Å². The number of carbonyl (C=O) groups excluding carboxylic acids is 1. The number of hydrogen-bond acceptors (Lipinski definition) is 3. The molecule has 28 heavy (non-hydrogen) atoms. The average Bonchev–Trinajstić information content (AvgIpc) is 3.39. The lowest BCUT2D eigenvalue weighted by atomic mass is 10.1. The Labute approximate surface area is 161 Å². The largest absolute Gasteiger partial charge is 0.463 e. The van der Waals surface area contributed by atoms with Crippen LogP contribution in [-0.2, 0) is 6.42 Å². The van der Waals surface area contributed by atoms with Crippen LogP contribution in [0, 0.1) is 5.82 Å². The van der Waals surface area contributed by atoms with Crippen LogP contribution < -0.4 is 5.32 Å². The zero-order valence-electron chi connectivity index (χ0n) is 15.0. The number of nitrogens with one attached hydrogen (secondary N) is 1. The van der Waals surface area contributed by atoms with E-state index in [4.69, 9.17) is 4.42 Å². The average molecular weight is 375 g/mol. The van der Waals surface area contributed by atoms with Gasteiger partial charge in [-0.3, -0.25) is 4.79 Å². The summed E-state index contributed by atoms with van der Waals surface area (Å²) >= 11 is 0. The van der Waals surface area contributed by atoms with Gasteiger partial charge in [0.25, 0.3) is 5.91 Å². The summed E-state index contributed by atoms with van der Waals surface area (Å²) in [5.74, 6) is -0.0548. The number of furan rings is 1. The standard InChI is InChI=1S/C22H18FN3O2/c23-17-8-10-18(11-9-17)26-20(15-19(25-26)21-7-4-14-28-21)22(27)24-13-12-16-5-2-1-3-6-16/h1-11,14-15H,12-13H2,(H,24,27). The number of hydrogen-bond donors (Lipinski definition) is 1. The normalized spacial score (nSPS) is 10.8. The van der Waals surface area contributed by atoms with E-state index in [9.17, 15) is 9.18 Å². The summed E-state index contributed by atoms with van der Waals surface area (Å²) in [6.07, 6.45) is 2.27. The molecule has 5 nitrogen and oxygen atoms in total. The molecule has 1 N–H and O–H groups in total. The van der Waals surface area contributed by atoms with Gasteiger partial charge in [-0.2, -0.15) is 5.10 Å². The molecule has 2 aromatic carbocycles. The molecule has 0 unspecified atom stereocenters. The highest BCUT2D eigenvalue weighted by Gasteiger charge is 2.18. The van der Waals surface area contributed by atoms with E-state index < -0.39 is 0 Å². The molecule has 1 amide bonds. The molecule has 2 heterocycles. The van der Waals surface area contributed by atoms with Crippen LogP contribution in [-0.4, -0.2) is 22.2 Å². The Balaban J connectivity index is 1.58. The number of halogens is 1. The molecular weight excluding hydrogens is 357 g/mol. The van der Waals surface area contributed by atoms with Crippen molar-refractivity contribution in [3.8, 4) is 17.1 Å². The first-order valence-corrected chi connectivity index (χ1v) is 8.93. The highest BCUT2D eigenvalue weighted by atomic mass is 19.1. The van der Waals surface area contributed by atoms with Gasteiger partial charge in [0.15, 0.2) is 5.76 Å². The number of benzene rings is 2. The number of amides is 1. The van der Waals surface area contributed by atoms with Crippen LogP contribution in [0.1, 0.15) is 16.1 Å². The van der Waals surface area contributed by atoms with E-state index in [1.165, 1.54) is 16.8 Å². The first kappa shape index (κ1) is 17.7. The van der Waals surface area contributed by atoms with E-state index in [1.807, 2.05) is 30.3 Å². The summed E-state index contributed by atoms with van der Waals surface area (Å²) in [6.45, 7) is 0.494. The van der Waals surface area contributed by atoms with E-state index in [-0.39, 0.29) is 11.7 Å². The molecule has 0 saturated heterocycles. The first-order valence-electron chi connectivity index (χ1n) is 8.93. The summed E-state index contributed by atoms with van der Waals surface area (Å²) in [7, 11) is 0. The highest BCUT2D eigenvalue weighted by molar-refractivity contribution is 5.94. The van der Waals surface area contributed by atoms with E-state index in [2.05, 4.69) is 10.4 Å². The van der Waals surface area contributed by atoms with Crippen molar-refractivity contribution >= 4 is 5.91 Å². The van der Waals surface area contributed by atoms with Gasteiger partial charge in [0.05, 0.1) is 12.0 Å². The fourth-order valence-corrected chi connectivity index (χ4v) is 2.92. The molecule has 0 radical (unpaired) electrons. The number of nitrogens with zero attached hydrogens (tertiary/aromatic N) is 2. The first-order chi connectivity index (χ1) is 13.7. The maximum Gasteiger partial charge on any atom is 0.270 e. The predicted molar refractivity (Wildman–Crippen MR) is 104 cm³/mol.